The van der Waals surface area contributed by atoms with Crippen molar-refractivity contribution in [1.82, 2.24) is 15.2 Å². The van der Waals surface area contributed by atoms with Crippen molar-refractivity contribution in [2.24, 2.45) is 5.92 Å². The van der Waals surface area contributed by atoms with E-state index < -0.39 is 0 Å². The zero-order valence-electron chi connectivity index (χ0n) is 17.2. The second-order valence-electron chi connectivity index (χ2n) is 8.46. The fourth-order valence-corrected chi connectivity index (χ4v) is 4.18. The number of hydrogen-bond donors (Lipinski definition) is 1. The van der Waals surface area contributed by atoms with Gasteiger partial charge in [0.25, 0.3) is 0 Å². The minimum absolute atomic E-state index is 0.0657. The van der Waals surface area contributed by atoms with Gasteiger partial charge >= 0.3 is 0 Å². The van der Waals surface area contributed by atoms with E-state index in [0.29, 0.717) is 5.92 Å². The summed E-state index contributed by atoms with van der Waals surface area (Å²) in [6.07, 6.45) is 8.39. The summed E-state index contributed by atoms with van der Waals surface area (Å²) in [5.74, 6) is 1.35. The lowest BCUT2D eigenvalue weighted by Crippen LogP contribution is -2.42. The van der Waals surface area contributed by atoms with Crippen molar-refractivity contribution in [2.75, 3.05) is 19.6 Å². The fourth-order valence-electron chi connectivity index (χ4n) is 4.18. The molecule has 1 aromatic heterocycles. The number of amides is 1. The van der Waals surface area contributed by atoms with Crippen molar-refractivity contribution in [3.8, 4) is 5.75 Å². The van der Waals surface area contributed by atoms with E-state index >= 15 is 0 Å². The minimum atomic E-state index is -0.171. The van der Waals surface area contributed by atoms with E-state index in [1.54, 1.807) is 12.4 Å². The van der Waals surface area contributed by atoms with E-state index in [9.17, 15) is 4.79 Å². The number of hydrogen-bond acceptors (Lipinski definition) is 4. The molecular formula is C24H31N3O2. The van der Waals surface area contributed by atoms with Crippen LogP contribution in [0.1, 0.15) is 49.7 Å². The number of likely N-dealkylation sites (tertiary alicyclic amines) is 1. The molecule has 1 amide bonds. The molecule has 0 bridgehead atoms. The number of carbonyl (C=O) groups excluding carboxylic acids is 1. The summed E-state index contributed by atoms with van der Waals surface area (Å²) in [5, 5.41) is 3.08. The van der Waals surface area contributed by atoms with Crippen molar-refractivity contribution >= 4 is 5.91 Å². The van der Waals surface area contributed by atoms with Crippen molar-refractivity contribution in [1.29, 1.82) is 0 Å². The van der Waals surface area contributed by atoms with Crippen molar-refractivity contribution < 1.29 is 9.53 Å². The Labute approximate surface area is 173 Å². The van der Waals surface area contributed by atoms with Crippen molar-refractivity contribution in [3.05, 3.63) is 59.9 Å². The molecule has 1 aromatic carbocycles. The standard InChI is InChI=1S/C24H31N3O2/c1-18(21-5-4-10-25-16-21)24(28)26-15-20-13-23(14-20)29-22-8-6-19(7-9-22)17-27-11-2-3-12-27/h4-10,16,18,20,23H,2-3,11-15,17H2,1H3,(H,26,28). The largest absolute Gasteiger partial charge is 0.490 e. The van der Waals surface area contributed by atoms with Crippen LogP contribution in [0.4, 0.5) is 0 Å². The van der Waals surface area contributed by atoms with Crippen molar-refractivity contribution in [2.45, 2.75) is 51.2 Å². The smallest absolute Gasteiger partial charge is 0.227 e. The number of rotatable bonds is 8. The van der Waals surface area contributed by atoms with Gasteiger partial charge in [0.1, 0.15) is 5.75 Å². The van der Waals surface area contributed by atoms with Gasteiger partial charge in [-0.05, 0) is 80.9 Å². The van der Waals surface area contributed by atoms with E-state index in [1.165, 1.54) is 31.5 Å². The average Bonchev–Trinajstić information content (AvgIpc) is 3.23. The quantitative estimate of drug-likeness (QED) is 0.742. The molecule has 2 fully saturated rings. The van der Waals surface area contributed by atoms with Gasteiger partial charge in [-0.1, -0.05) is 18.2 Å². The molecule has 1 saturated carbocycles. The molecule has 1 atom stereocenters. The van der Waals surface area contributed by atoms with Gasteiger partial charge in [-0.3, -0.25) is 14.7 Å². The molecule has 5 nitrogen and oxygen atoms in total. The van der Waals surface area contributed by atoms with Gasteiger partial charge in [0.2, 0.25) is 5.91 Å². The highest BCUT2D eigenvalue weighted by molar-refractivity contribution is 5.83. The summed E-state index contributed by atoms with van der Waals surface area (Å²) in [6.45, 7) is 6.13. The monoisotopic (exact) mass is 393 g/mol. The zero-order valence-corrected chi connectivity index (χ0v) is 17.2. The highest BCUT2D eigenvalue weighted by atomic mass is 16.5. The SMILES string of the molecule is CC(C(=O)NCC1CC(Oc2ccc(CN3CCCC3)cc2)C1)c1cccnc1. The van der Waals surface area contributed by atoms with Crippen LogP contribution in [0.2, 0.25) is 0 Å². The van der Waals surface area contributed by atoms with Crippen LogP contribution in [0, 0.1) is 5.92 Å². The molecule has 4 rings (SSSR count). The lowest BCUT2D eigenvalue weighted by molar-refractivity contribution is -0.122. The zero-order chi connectivity index (χ0) is 20.1. The first kappa shape index (κ1) is 19.9. The Bertz CT molecular complexity index is 782. The molecule has 1 aliphatic heterocycles. The molecule has 29 heavy (non-hydrogen) atoms. The maximum atomic E-state index is 12.3. The predicted molar refractivity (Wildman–Crippen MR) is 114 cm³/mol. The summed E-state index contributed by atoms with van der Waals surface area (Å²) in [7, 11) is 0. The molecule has 1 unspecified atom stereocenters. The topological polar surface area (TPSA) is 54.5 Å². The Kier molecular flexibility index (Phi) is 6.45. The van der Waals surface area contributed by atoms with Crippen LogP contribution in [0.25, 0.3) is 0 Å². The number of carbonyl (C=O) groups is 1. The highest BCUT2D eigenvalue weighted by Crippen LogP contribution is 2.31. The van der Waals surface area contributed by atoms with Crippen LogP contribution < -0.4 is 10.1 Å². The van der Waals surface area contributed by atoms with Crippen LogP contribution in [0.3, 0.4) is 0 Å². The first-order valence-electron chi connectivity index (χ1n) is 10.8. The third-order valence-corrected chi connectivity index (χ3v) is 6.17. The number of pyridine rings is 1. The molecule has 0 radical (unpaired) electrons. The lowest BCUT2D eigenvalue weighted by atomic mass is 9.82. The molecule has 1 N–H and O–H groups in total. The minimum Gasteiger partial charge on any atom is -0.490 e. The van der Waals surface area contributed by atoms with Gasteiger partial charge in [0, 0.05) is 25.5 Å². The van der Waals surface area contributed by atoms with Crippen LogP contribution in [-0.4, -0.2) is 41.5 Å². The van der Waals surface area contributed by atoms with Crippen molar-refractivity contribution in [3.63, 3.8) is 0 Å². The normalized spacial score (nSPS) is 22.7. The number of nitrogens with one attached hydrogen (secondary N) is 1. The summed E-state index contributed by atoms with van der Waals surface area (Å²) in [4.78, 5) is 18.9. The van der Waals surface area contributed by atoms with Gasteiger partial charge < -0.3 is 10.1 Å². The molecule has 154 valence electrons. The summed E-state index contributed by atoms with van der Waals surface area (Å²) >= 11 is 0. The molecule has 1 aliphatic carbocycles. The summed E-state index contributed by atoms with van der Waals surface area (Å²) < 4.78 is 6.09. The fraction of sp³-hybridized carbons (Fsp3) is 0.500. The third-order valence-electron chi connectivity index (χ3n) is 6.17. The predicted octanol–water partition coefficient (Wildman–Crippen LogP) is 3.75. The summed E-state index contributed by atoms with van der Waals surface area (Å²) in [5.41, 5.74) is 2.31. The molecule has 2 aliphatic rings. The van der Waals surface area contributed by atoms with E-state index in [-0.39, 0.29) is 17.9 Å². The van der Waals surface area contributed by atoms with Gasteiger partial charge in [0.05, 0.1) is 12.0 Å². The molecule has 0 spiro atoms. The number of ether oxygens (including phenoxy) is 1. The Hall–Kier alpha value is -2.40. The van der Waals surface area contributed by atoms with E-state index in [0.717, 1.165) is 37.2 Å². The second kappa shape index (κ2) is 9.40. The van der Waals surface area contributed by atoms with Crippen LogP contribution in [0.15, 0.2) is 48.8 Å². The number of aromatic nitrogens is 1. The van der Waals surface area contributed by atoms with E-state index in [2.05, 4.69) is 39.5 Å². The molecule has 5 heteroatoms. The maximum Gasteiger partial charge on any atom is 0.227 e. The van der Waals surface area contributed by atoms with Gasteiger partial charge in [-0.2, -0.15) is 0 Å². The molecular weight excluding hydrogens is 362 g/mol. The Morgan fingerprint density at radius 2 is 1.97 bits per heavy atom. The molecule has 2 aromatic rings. The maximum absolute atomic E-state index is 12.3. The van der Waals surface area contributed by atoms with Gasteiger partial charge in [-0.25, -0.2) is 0 Å². The first-order chi connectivity index (χ1) is 14.2. The molecule has 1 saturated heterocycles. The Balaban J connectivity index is 1.15. The Morgan fingerprint density at radius 3 is 2.66 bits per heavy atom. The first-order valence-corrected chi connectivity index (χ1v) is 10.8. The second-order valence-corrected chi connectivity index (χ2v) is 8.46. The van der Waals surface area contributed by atoms with Crippen LogP contribution in [-0.2, 0) is 11.3 Å². The van der Waals surface area contributed by atoms with Gasteiger partial charge in [-0.15, -0.1) is 0 Å². The van der Waals surface area contributed by atoms with Crippen LogP contribution in [0.5, 0.6) is 5.75 Å². The number of benzene rings is 1. The third kappa shape index (κ3) is 5.36. The van der Waals surface area contributed by atoms with E-state index in [4.69, 9.17) is 4.74 Å². The summed E-state index contributed by atoms with van der Waals surface area (Å²) in [6, 6.07) is 12.4. The average molecular weight is 394 g/mol. The number of nitrogens with zero attached hydrogens (tertiary/aromatic N) is 2. The van der Waals surface area contributed by atoms with Crippen LogP contribution >= 0.6 is 0 Å². The van der Waals surface area contributed by atoms with E-state index in [1.807, 2.05) is 19.1 Å². The highest BCUT2D eigenvalue weighted by Gasteiger charge is 2.31. The Morgan fingerprint density at radius 1 is 1.21 bits per heavy atom. The molecule has 2 heterocycles. The lowest BCUT2D eigenvalue weighted by Gasteiger charge is -2.35. The van der Waals surface area contributed by atoms with Gasteiger partial charge in [0.15, 0.2) is 0 Å².